The van der Waals surface area contributed by atoms with Crippen molar-refractivity contribution in [3.05, 3.63) is 60.1 Å². The highest BCUT2D eigenvalue weighted by Gasteiger charge is 2.55. The van der Waals surface area contributed by atoms with Crippen molar-refractivity contribution in [3.63, 3.8) is 0 Å². The molecule has 1 aromatic carbocycles. The van der Waals surface area contributed by atoms with E-state index in [4.69, 9.17) is 9.15 Å². The molecular formula is C26H31N3O5. The Morgan fingerprint density at radius 3 is 2.24 bits per heavy atom. The third-order valence-corrected chi connectivity index (χ3v) is 7.44. The van der Waals surface area contributed by atoms with E-state index in [2.05, 4.69) is 6.92 Å². The first kappa shape index (κ1) is 22.7. The van der Waals surface area contributed by atoms with Gasteiger partial charge in [0.15, 0.2) is 5.76 Å². The van der Waals surface area contributed by atoms with Crippen LogP contribution in [0.4, 0.5) is 0 Å². The molecule has 3 amide bonds. The van der Waals surface area contributed by atoms with Crippen LogP contribution in [-0.4, -0.2) is 77.0 Å². The minimum Gasteiger partial charge on any atom is -0.459 e. The molecule has 8 nitrogen and oxygen atoms in total. The topological polar surface area (TPSA) is 83.3 Å². The molecule has 8 heteroatoms. The molecule has 5 rings (SSSR count). The van der Waals surface area contributed by atoms with Gasteiger partial charge in [0, 0.05) is 44.6 Å². The highest BCUT2D eigenvalue weighted by Crippen LogP contribution is 2.39. The number of furan rings is 1. The molecule has 3 aliphatic heterocycles. The van der Waals surface area contributed by atoms with E-state index in [9.17, 15) is 14.4 Å². The first-order valence-electron chi connectivity index (χ1n) is 12.1. The summed E-state index contributed by atoms with van der Waals surface area (Å²) in [5, 5.41) is 0. The second-order valence-electron chi connectivity index (χ2n) is 9.59. The van der Waals surface area contributed by atoms with Crippen molar-refractivity contribution < 1.29 is 23.5 Å². The molecule has 1 unspecified atom stereocenters. The molecule has 0 radical (unpaired) electrons. The predicted molar refractivity (Wildman–Crippen MR) is 124 cm³/mol. The van der Waals surface area contributed by atoms with Gasteiger partial charge in [-0.2, -0.15) is 0 Å². The van der Waals surface area contributed by atoms with Gasteiger partial charge in [-0.05, 0) is 43.0 Å². The number of likely N-dealkylation sites (tertiary alicyclic amines) is 2. The smallest absolute Gasteiger partial charge is 0.289 e. The molecule has 0 N–H and O–H groups in total. The first-order valence-corrected chi connectivity index (χ1v) is 12.1. The average Bonchev–Trinajstić information content (AvgIpc) is 3.53. The molecule has 3 aliphatic rings. The maximum Gasteiger partial charge on any atom is 0.289 e. The number of hydrogen-bond acceptors (Lipinski definition) is 5. The van der Waals surface area contributed by atoms with Crippen molar-refractivity contribution in [1.29, 1.82) is 0 Å². The number of carbonyl (C=O) groups excluding carboxylic acids is 3. The standard InChI is InChI=1S/C26H31N3O5/c1-19-9-13-27(14-10-19)24(31)21-18-34-26(29(21)23(30)20-6-3-2-4-7-20)11-15-28(16-12-26)25(32)22-8-5-17-33-22/h2-8,17,19,21H,9-16,18H2,1H3. The summed E-state index contributed by atoms with van der Waals surface area (Å²) >= 11 is 0. The first-order chi connectivity index (χ1) is 16.5. The van der Waals surface area contributed by atoms with Crippen LogP contribution in [0.2, 0.25) is 0 Å². The van der Waals surface area contributed by atoms with E-state index >= 15 is 0 Å². The lowest BCUT2D eigenvalue weighted by molar-refractivity contribution is -0.139. The van der Waals surface area contributed by atoms with Gasteiger partial charge in [0.1, 0.15) is 11.8 Å². The van der Waals surface area contributed by atoms with Gasteiger partial charge in [0.2, 0.25) is 5.91 Å². The van der Waals surface area contributed by atoms with E-state index in [1.807, 2.05) is 23.1 Å². The van der Waals surface area contributed by atoms with Gasteiger partial charge >= 0.3 is 0 Å². The SMILES string of the molecule is CC1CCN(C(=O)C2COC3(CCN(C(=O)c4ccco4)CC3)N2C(=O)c2ccccc2)CC1. The molecule has 0 bridgehead atoms. The van der Waals surface area contributed by atoms with Gasteiger partial charge in [-0.3, -0.25) is 19.3 Å². The summed E-state index contributed by atoms with van der Waals surface area (Å²) in [5.74, 6) is 0.491. The van der Waals surface area contributed by atoms with Crippen LogP contribution < -0.4 is 0 Å². The van der Waals surface area contributed by atoms with Crippen molar-refractivity contribution in [2.75, 3.05) is 32.8 Å². The third kappa shape index (κ3) is 4.11. The van der Waals surface area contributed by atoms with E-state index in [1.54, 1.807) is 34.1 Å². The average molecular weight is 466 g/mol. The maximum absolute atomic E-state index is 13.8. The Morgan fingerprint density at radius 2 is 1.59 bits per heavy atom. The summed E-state index contributed by atoms with van der Waals surface area (Å²) in [6.07, 6.45) is 4.32. The summed E-state index contributed by atoms with van der Waals surface area (Å²) in [5.41, 5.74) is -0.373. The molecule has 1 aromatic heterocycles. The number of piperidine rings is 2. The van der Waals surface area contributed by atoms with Crippen LogP contribution in [0.5, 0.6) is 0 Å². The van der Waals surface area contributed by atoms with Crippen molar-refractivity contribution >= 4 is 17.7 Å². The molecular weight excluding hydrogens is 434 g/mol. The van der Waals surface area contributed by atoms with Crippen molar-refractivity contribution in [3.8, 4) is 0 Å². The normalized spacial score (nSPS) is 22.9. The third-order valence-electron chi connectivity index (χ3n) is 7.44. The summed E-state index contributed by atoms with van der Waals surface area (Å²) in [6, 6.07) is 11.7. The van der Waals surface area contributed by atoms with Crippen LogP contribution >= 0.6 is 0 Å². The second kappa shape index (κ2) is 9.25. The van der Waals surface area contributed by atoms with Gasteiger partial charge in [-0.25, -0.2) is 0 Å². The van der Waals surface area contributed by atoms with Gasteiger partial charge in [-0.15, -0.1) is 0 Å². The Hall–Kier alpha value is -3.13. The number of nitrogens with zero attached hydrogens (tertiary/aromatic N) is 3. The Morgan fingerprint density at radius 1 is 0.882 bits per heavy atom. The van der Waals surface area contributed by atoms with Crippen molar-refractivity contribution in [2.24, 2.45) is 5.92 Å². The largest absolute Gasteiger partial charge is 0.459 e. The summed E-state index contributed by atoms with van der Waals surface area (Å²) in [6.45, 7) is 4.64. The Labute approximate surface area is 199 Å². The zero-order valence-corrected chi connectivity index (χ0v) is 19.5. The van der Waals surface area contributed by atoms with Crippen LogP contribution in [0.3, 0.4) is 0 Å². The molecule has 180 valence electrons. The van der Waals surface area contributed by atoms with Crippen LogP contribution in [0.25, 0.3) is 0 Å². The van der Waals surface area contributed by atoms with Gasteiger partial charge in [-0.1, -0.05) is 25.1 Å². The lowest BCUT2D eigenvalue weighted by Crippen LogP contribution is -2.60. The molecule has 3 saturated heterocycles. The van der Waals surface area contributed by atoms with E-state index < -0.39 is 11.8 Å². The van der Waals surface area contributed by atoms with E-state index in [-0.39, 0.29) is 24.3 Å². The quantitative estimate of drug-likeness (QED) is 0.696. The molecule has 2 aromatic rings. The molecule has 0 aliphatic carbocycles. The Kier molecular flexibility index (Phi) is 6.16. The monoisotopic (exact) mass is 465 g/mol. The summed E-state index contributed by atoms with van der Waals surface area (Å²) in [7, 11) is 0. The van der Waals surface area contributed by atoms with E-state index in [1.165, 1.54) is 6.26 Å². The fraction of sp³-hybridized carbons (Fsp3) is 0.500. The Balaban J connectivity index is 1.38. The van der Waals surface area contributed by atoms with E-state index in [0.29, 0.717) is 56.3 Å². The molecule has 1 atom stereocenters. The van der Waals surface area contributed by atoms with Gasteiger partial charge in [0.05, 0.1) is 12.9 Å². The van der Waals surface area contributed by atoms with E-state index in [0.717, 1.165) is 12.8 Å². The summed E-state index contributed by atoms with van der Waals surface area (Å²) in [4.78, 5) is 45.4. The summed E-state index contributed by atoms with van der Waals surface area (Å²) < 4.78 is 11.6. The number of hydrogen-bond donors (Lipinski definition) is 0. The maximum atomic E-state index is 13.8. The molecule has 3 fully saturated rings. The molecule has 0 saturated carbocycles. The van der Waals surface area contributed by atoms with Crippen LogP contribution in [0.15, 0.2) is 53.1 Å². The fourth-order valence-corrected chi connectivity index (χ4v) is 5.33. The minimum absolute atomic E-state index is 0.0397. The molecule has 34 heavy (non-hydrogen) atoms. The van der Waals surface area contributed by atoms with Gasteiger partial charge < -0.3 is 19.0 Å². The fourth-order valence-electron chi connectivity index (χ4n) is 5.33. The number of carbonyl (C=O) groups is 3. The minimum atomic E-state index is -0.906. The van der Waals surface area contributed by atoms with Crippen molar-refractivity contribution in [1.82, 2.24) is 14.7 Å². The Bertz CT molecular complexity index is 1020. The molecule has 1 spiro atoms. The lowest BCUT2D eigenvalue weighted by Gasteiger charge is -2.45. The number of amides is 3. The van der Waals surface area contributed by atoms with Crippen LogP contribution in [-0.2, 0) is 9.53 Å². The number of benzene rings is 1. The second-order valence-corrected chi connectivity index (χ2v) is 9.59. The highest BCUT2D eigenvalue weighted by atomic mass is 16.5. The van der Waals surface area contributed by atoms with Crippen LogP contribution in [0.1, 0.15) is 53.5 Å². The molecule has 4 heterocycles. The van der Waals surface area contributed by atoms with Gasteiger partial charge in [0.25, 0.3) is 11.8 Å². The zero-order chi connectivity index (χ0) is 23.7. The zero-order valence-electron chi connectivity index (χ0n) is 19.5. The lowest BCUT2D eigenvalue weighted by atomic mass is 9.95. The number of rotatable bonds is 3. The van der Waals surface area contributed by atoms with Crippen LogP contribution in [0, 0.1) is 5.92 Å². The number of ether oxygens (including phenoxy) is 1. The van der Waals surface area contributed by atoms with Crippen molar-refractivity contribution in [2.45, 2.75) is 44.4 Å². The predicted octanol–water partition coefficient (Wildman–Crippen LogP) is 3.01. The highest BCUT2D eigenvalue weighted by molar-refractivity contribution is 5.98.